The molecule has 0 aliphatic carbocycles. The fourth-order valence-electron chi connectivity index (χ4n) is 0.924. The zero-order chi connectivity index (χ0) is 9.14. The van der Waals surface area contributed by atoms with Crippen molar-refractivity contribution in [2.24, 2.45) is 0 Å². The van der Waals surface area contributed by atoms with Crippen molar-refractivity contribution in [3.05, 3.63) is 34.4 Å². The summed E-state index contributed by atoms with van der Waals surface area (Å²) >= 11 is 0. The second-order valence-electron chi connectivity index (χ2n) is 2.45. The maximum Gasteiger partial charge on any atom is 1.00 e. The van der Waals surface area contributed by atoms with Crippen molar-refractivity contribution >= 4 is 0 Å². The van der Waals surface area contributed by atoms with E-state index in [1.54, 1.807) is 13.0 Å². The van der Waals surface area contributed by atoms with E-state index in [1.807, 2.05) is 0 Å². The number of aromatic amines is 1. The molecular formula is C8H11N2NaO2. The third-order valence-electron chi connectivity index (χ3n) is 1.46. The second kappa shape index (κ2) is 5.21. The summed E-state index contributed by atoms with van der Waals surface area (Å²) in [6.07, 6.45) is 1.87. The van der Waals surface area contributed by atoms with Crippen molar-refractivity contribution in [2.45, 2.75) is 13.3 Å². The van der Waals surface area contributed by atoms with Gasteiger partial charge in [-0.3, -0.25) is 4.79 Å². The smallest absolute Gasteiger partial charge is 1.00 e. The number of nitrogens with one attached hydrogen (secondary N) is 1. The molecule has 0 amide bonds. The van der Waals surface area contributed by atoms with Crippen LogP contribution in [-0.2, 0) is 6.42 Å². The Bertz CT molecular complexity index is 365. The molecule has 0 aliphatic rings. The van der Waals surface area contributed by atoms with Crippen LogP contribution in [-0.4, -0.2) is 15.1 Å². The Kier molecular flexibility index (Phi) is 4.98. The predicted molar refractivity (Wildman–Crippen MR) is 46.3 cm³/mol. The molecule has 0 atom stereocenters. The standard InChI is InChI=1S/C8H10N2O2.Na.H/c1-3-4-6-7(11)9-5(2)10-8(6)12;;/h3H,1,4H2,2H3,(H2,9,10,11,12);;/q;+1;-1. The Morgan fingerprint density at radius 1 is 1.77 bits per heavy atom. The van der Waals surface area contributed by atoms with Crippen LogP contribution in [0.25, 0.3) is 0 Å². The molecule has 0 aliphatic heterocycles. The fraction of sp³-hybridized carbons (Fsp3) is 0.250. The van der Waals surface area contributed by atoms with Gasteiger partial charge in [0.25, 0.3) is 5.56 Å². The molecule has 0 saturated carbocycles. The molecule has 1 rings (SSSR count). The molecule has 0 unspecified atom stereocenters. The summed E-state index contributed by atoms with van der Waals surface area (Å²) in [5, 5.41) is 9.22. The zero-order valence-corrected chi connectivity index (χ0v) is 9.79. The Morgan fingerprint density at radius 3 is 2.85 bits per heavy atom. The Morgan fingerprint density at radius 2 is 2.38 bits per heavy atom. The topological polar surface area (TPSA) is 66.0 Å². The Hall–Kier alpha value is -0.580. The van der Waals surface area contributed by atoms with Gasteiger partial charge in [0.2, 0.25) is 5.88 Å². The maximum absolute atomic E-state index is 11.1. The monoisotopic (exact) mass is 190 g/mol. The van der Waals surface area contributed by atoms with Gasteiger partial charge in [-0.1, -0.05) is 6.08 Å². The molecule has 4 nitrogen and oxygen atoms in total. The fourth-order valence-corrected chi connectivity index (χ4v) is 0.924. The number of H-pyrrole nitrogens is 1. The summed E-state index contributed by atoms with van der Waals surface area (Å²) in [5.74, 6) is 0.196. The van der Waals surface area contributed by atoms with Crippen molar-refractivity contribution in [3.63, 3.8) is 0 Å². The van der Waals surface area contributed by atoms with Crippen LogP contribution in [0.3, 0.4) is 0 Å². The van der Waals surface area contributed by atoms with Crippen molar-refractivity contribution < 1.29 is 36.1 Å². The molecule has 2 N–H and O–H groups in total. The van der Waals surface area contributed by atoms with E-state index in [-0.39, 0.29) is 48.0 Å². The first kappa shape index (κ1) is 12.4. The molecule has 5 heteroatoms. The van der Waals surface area contributed by atoms with E-state index < -0.39 is 0 Å². The van der Waals surface area contributed by atoms with E-state index in [0.29, 0.717) is 12.2 Å². The van der Waals surface area contributed by atoms with E-state index in [2.05, 4.69) is 16.5 Å². The van der Waals surface area contributed by atoms with Gasteiger partial charge in [0.1, 0.15) is 5.82 Å². The van der Waals surface area contributed by atoms with E-state index in [4.69, 9.17) is 0 Å². The van der Waals surface area contributed by atoms with E-state index in [1.165, 1.54) is 0 Å². The van der Waals surface area contributed by atoms with Crippen molar-refractivity contribution in [1.82, 2.24) is 9.97 Å². The summed E-state index contributed by atoms with van der Waals surface area (Å²) in [5.41, 5.74) is -0.0458. The number of aryl methyl sites for hydroxylation is 1. The summed E-state index contributed by atoms with van der Waals surface area (Å²) in [7, 11) is 0. The molecule has 0 bridgehead atoms. The molecule has 0 aromatic carbocycles. The second-order valence-corrected chi connectivity index (χ2v) is 2.45. The minimum absolute atomic E-state index is 0. The molecule has 0 saturated heterocycles. The number of aromatic nitrogens is 2. The van der Waals surface area contributed by atoms with Crippen LogP contribution < -0.4 is 35.1 Å². The van der Waals surface area contributed by atoms with Gasteiger partial charge in [0.15, 0.2) is 0 Å². The van der Waals surface area contributed by atoms with Crippen LogP contribution in [0, 0.1) is 6.92 Å². The van der Waals surface area contributed by atoms with E-state index in [0.717, 1.165) is 0 Å². The summed E-state index contributed by atoms with van der Waals surface area (Å²) in [6.45, 7) is 5.08. The molecule has 1 heterocycles. The third kappa shape index (κ3) is 2.99. The van der Waals surface area contributed by atoms with Crippen molar-refractivity contribution in [3.8, 4) is 5.88 Å². The Balaban J connectivity index is 0. The molecule has 0 spiro atoms. The van der Waals surface area contributed by atoms with Gasteiger partial charge in [0.05, 0.1) is 5.56 Å². The average Bonchev–Trinajstić information content (AvgIpc) is 1.96. The number of hydrogen-bond donors (Lipinski definition) is 2. The first-order chi connectivity index (χ1) is 5.65. The van der Waals surface area contributed by atoms with Crippen LogP contribution in [0.4, 0.5) is 0 Å². The first-order valence-electron chi connectivity index (χ1n) is 3.54. The molecule has 66 valence electrons. The number of aromatic hydroxyl groups is 1. The normalized spacial score (nSPS) is 9.00. The Labute approximate surface area is 99.5 Å². The largest absolute Gasteiger partial charge is 1.00 e. The zero-order valence-electron chi connectivity index (χ0n) is 8.79. The number of nitrogens with zero attached hydrogens (tertiary/aromatic N) is 1. The maximum atomic E-state index is 11.1. The molecule has 13 heavy (non-hydrogen) atoms. The van der Waals surface area contributed by atoms with Crippen LogP contribution in [0.1, 0.15) is 12.8 Å². The van der Waals surface area contributed by atoms with Crippen LogP contribution in [0.2, 0.25) is 0 Å². The third-order valence-corrected chi connectivity index (χ3v) is 1.46. The predicted octanol–water partition coefficient (Wildman–Crippen LogP) is -2.37. The number of allylic oxidation sites excluding steroid dienone is 1. The van der Waals surface area contributed by atoms with Crippen LogP contribution >= 0.6 is 0 Å². The quantitative estimate of drug-likeness (QED) is 0.404. The van der Waals surface area contributed by atoms with Gasteiger partial charge in [-0.2, -0.15) is 0 Å². The average molecular weight is 190 g/mol. The first-order valence-corrected chi connectivity index (χ1v) is 3.54. The summed E-state index contributed by atoms with van der Waals surface area (Å²) in [4.78, 5) is 17.3. The van der Waals surface area contributed by atoms with E-state index in [9.17, 15) is 9.90 Å². The molecule has 0 radical (unpaired) electrons. The minimum Gasteiger partial charge on any atom is -1.00 e. The molecule has 1 aromatic heterocycles. The van der Waals surface area contributed by atoms with Gasteiger partial charge in [-0.05, 0) is 6.92 Å². The van der Waals surface area contributed by atoms with Gasteiger partial charge < -0.3 is 11.5 Å². The number of hydrogen-bond acceptors (Lipinski definition) is 3. The summed E-state index contributed by atoms with van der Waals surface area (Å²) in [6, 6.07) is 0. The van der Waals surface area contributed by atoms with Crippen molar-refractivity contribution in [2.75, 3.05) is 0 Å². The van der Waals surface area contributed by atoms with Gasteiger partial charge in [-0.25, -0.2) is 4.98 Å². The number of rotatable bonds is 2. The van der Waals surface area contributed by atoms with E-state index >= 15 is 0 Å². The van der Waals surface area contributed by atoms with Crippen LogP contribution in [0.15, 0.2) is 17.4 Å². The summed E-state index contributed by atoms with van der Waals surface area (Å²) < 4.78 is 0. The molecule has 1 aromatic rings. The van der Waals surface area contributed by atoms with Crippen LogP contribution in [0.5, 0.6) is 5.88 Å². The van der Waals surface area contributed by atoms with Gasteiger partial charge in [0, 0.05) is 6.42 Å². The van der Waals surface area contributed by atoms with Gasteiger partial charge >= 0.3 is 29.6 Å². The molecular weight excluding hydrogens is 179 g/mol. The minimum atomic E-state index is -0.306. The molecule has 0 fully saturated rings. The van der Waals surface area contributed by atoms with Crippen molar-refractivity contribution in [1.29, 1.82) is 0 Å². The SMILES string of the molecule is C=CCc1c(O)nc(C)[nH]c1=O.[H-].[Na+]. The van der Waals surface area contributed by atoms with Gasteiger partial charge in [-0.15, -0.1) is 6.58 Å².